The maximum atomic E-state index is 13.6. The molecule has 3 aromatic rings. The van der Waals surface area contributed by atoms with Crippen LogP contribution < -0.4 is 10.2 Å². The Bertz CT molecular complexity index is 1180. The molecule has 1 fully saturated rings. The van der Waals surface area contributed by atoms with Gasteiger partial charge >= 0.3 is 0 Å². The number of aryl methyl sites for hydroxylation is 1. The van der Waals surface area contributed by atoms with Crippen molar-refractivity contribution in [1.82, 2.24) is 9.88 Å². The predicted octanol–water partition coefficient (Wildman–Crippen LogP) is 3.76. The number of rotatable bonds is 3. The van der Waals surface area contributed by atoms with E-state index >= 15 is 0 Å². The molecule has 2 amide bonds. The molecule has 1 N–H and O–H groups in total. The molecule has 0 unspecified atom stereocenters. The molecule has 1 saturated heterocycles. The summed E-state index contributed by atoms with van der Waals surface area (Å²) in [4.78, 5) is 26.7. The minimum Gasteiger partial charge on any atom is -0.317 e. The lowest BCUT2D eigenvalue weighted by molar-refractivity contribution is -0.122. The molecule has 0 bridgehead atoms. The number of nitrogens with one attached hydrogen (secondary N) is 1. The third-order valence-corrected chi connectivity index (χ3v) is 4.90. The second-order valence-corrected chi connectivity index (χ2v) is 6.91. The molecule has 2 aromatic carbocycles. The summed E-state index contributed by atoms with van der Waals surface area (Å²) < 4.78 is 15.5. The Morgan fingerprint density at radius 3 is 2.59 bits per heavy atom. The number of para-hydroxylation sites is 1. The van der Waals surface area contributed by atoms with Crippen LogP contribution in [-0.2, 0) is 9.59 Å². The standard InChI is InChI=1S/C22H16FN3O2S/c1-14-6-2-3-10-19(14)25-11-5-9-16(25)13-18-20(27)24-22(29)26(21(18)28)17-8-4-7-15(23)12-17/h2-13H,1H3,(H,24,27,29). The van der Waals surface area contributed by atoms with E-state index in [0.29, 0.717) is 5.69 Å². The average Bonchev–Trinajstić information content (AvgIpc) is 3.13. The van der Waals surface area contributed by atoms with Crippen molar-refractivity contribution < 1.29 is 14.0 Å². The molecule has 1 aliphatic heterocycles. The number of halogens is 1. The topological polar surface area (TPSA) is 54.3 Å². The smallest absolute Gasteiger partial charge is 0.270 e. The van der Waals surface area contributed by atoms with Crippen LogP contribution in [0.5, 0.6) is 0 Å². The minimum atomic E-state index is -0.609. The summed E-state index contributed by atoms with van der Waals surface area (Å²) in [5, 5.41) is 2.42. The fraction of sp³-hybridized carbons (Fsp3) is 0.0455. The first-order chi connectivity index (χ1) is 14.0. The molecule has 7 heteroatoms. The van der Waals surface area contributed by atoms with Gasteiger partial charge < -0.3 is 4.57 Å². The number of nitrogens with zero attached hydrogens (tertiary/aromatic N) is 2. The van der Waals surface area contributed by atoms with Gasteiger partial charge in [0, 0.05) is 17.6 Å². The molecule has 4 rings (SSSR count). The quantitative estimate of drug-likeness (QED) is 0.410. The number of amides is 2. The van der Waals surface area contributed by atoms with Crippen molar-refractivity contribution in [1.29, 1.82) is 0 Å². The van der Waals surface area contributed by atoms with E-state index in [2.05, 4.69) is 5.32 Å². The molecule has 5 nitrogen and oxygen atoms in total. The first-order valence-electron chi connectivity index (χ1n) is 8.86. The van der Waals surface area contributed by atoms with Crippen LogP contribution in [0.25, 0.3) is 11.8 Å². The van der Waals surface area contributed by atoms with Gasteiger partial charge in [-0.05, 0) is 67.2 Å². The maximum absolute atomic E-state index is 13.6. The maximum Gasteiger partial charge on any atom is 0.270 e. The summed E-state index contributed by atoms with van der Waals surface area (Å²) in [6, 6.07) is 16.9. The summed E-state index contributed by atoms with van der Waals surface area (Å²) in [6.45, 7) is 1.98. The largest absolute Gasteiger partial charge is 0.317 e. The Hall–Kier alpha value is -3.58. The van der Waals surface area contributed by atoms with Crippen LogP contribution in [0.4, 0.5) is 10.1 Å². The van der Waals surface area contributed by atoms with E-state index in [9.17, 15) is 14.0 Å². The van der Waals surface area contributed by atoms with Crippen molar-refractivity contribution in [2.45, 2.75) is 6.92 Å². The second-order valence-electron chi connectivity index (χ2n) is 6.53. The molecule has 1 aliphatic rings. The first-order valence-corrected chi connectivity index (χ1v) is 9.27. The number of hydrogen-bond donors (Lipinski definition) is 1. The van der Waals surface area contributed by atoms with Gasteiger partial charge in [0.05, 0.1) is 5.69 Å². The Labute approximate surface area is 172 Å². The number of thiocarbonyl (C=S) groups is 1. The lowest BCUT2D eigenvalue weighted by Crippen LogP contribution is -2.54. The predicted molar refractivity (Wildman–Crippen MR) is 113 cm³/mol. The normalized spacial score (nSPS) is 15.7. The molecule has 144 valence electrons. The highest BCUT2D eigenvalue weighted by molar-refractivity contribution is 7.80. The van der Waals surface area contributed by atoms with E-state index in [1.807, 2.05) is 48.0 Å². The van der Waals surface area contributed by atoms with Gasteiger partial charge in [-0.25, -0.2) is 4.39 Å². The lowest BCUT2D eigenvalue weighted by Gasteiger charge is -2.29. The Morgan fingerprint density at radius 2 is 1.83 bits per heavy atom. The molecule has 0 saturated carbocycles. The number of benzene rings is 2. The van der Waals surface area contributed by atoms with Crippen molar-refractivity contribution in [3.05, 3.63) is 89.5 Å². The van der Waals surface area contributed by atoms with Gasteiger partial charge in [-0.1, -0.05) is 24.3 Å². The van der Waals surface area contributed by atoms with E-state index in [1.54, 1.807) is 12.1 Å². The lowest BCUT2D eigenvalue weighted by atomic mass is 10.1. The molecule has 0 aliphatic carbocycles. The molecule has 29 heavy (non-hydrogen) atoms. The molecule has 1 aromatic heterocycles. The van der Waals surface area contributed by atoms with Crippen molar-refractivity contribution in [3.8, 4) is 5.69 Å². The van der Waals surface area contributed by atoms with Crippen molar-refractivity contribution >= 4 is 40.9 Å². The van der Waals surface area contributed by atoms with E-state index < -0.39 is 17.6 Å². The second kappa shape index (κ2) is 7.44. The zero-order valence-electron chi connectivity index (χ0n) is 15.4. The Balaban J connectivity index is 1.77. The van der Waals surface area contributed by atoms with Crippen molar-refractivity contribution in [3.63, 3.8) is 0 Å². The molecular weight excluding hydrogens is 389 g/mol. The molecule has 0 radical (unpaired) electrons. The van der Waals surface area contributed by atoms with Crippen LogP contribution >= 0.6 is 12.2 Å². The third-order valence-electron chi connectivity index (χ3n) is 4.62. The minimum absolute atomic E-state index is 0.0861. The highest BCUT2D eigenvalue weighted by Gasteiger charge is 2.34. The van der Waals surface area contributed by atoms with Gasteiger partial charge in [0.15, 0.2) is 5.11 Å². The monoisotopic (exact) mass is 405 g/mol. The molecular formula is C22H16FN3O2S. The van der Waals surface area contributed by atoms with Gasteiger partial charge in [0.2, 0.25) is 0 Å². The summed E-state index contributed by atoms with van der Waals surface area (Å²) in [5.41, 5.74) is 2.80. The zero-order valence-corrected chi connectivity index (χ0v) is 16.2. The number of carbonyl (C=O) groups is 2. The van der Waals surface area contributed by atoms with Gasteiger partial charge in [0.1, 0.15) is 11.4 Å². The van der Waals surface area contributed by atoms with E-state index in [-0.39, 0.29) is 16.4 Å². The number of anilines is 1. The van der Waals surface area contributed by atoms with Crippen LogP contribution in [0.3, 0.4) is 0 Å². The third kappa shape index (κ3) is 3.48. The van der Waals surface area contributed by atoms with Crippen LogP contribution in [0.1, 0.15) is 11.3 Å². The van der Waals surface area contributed by atoms with Crippen LogP contribution in [0, 0.1) is 12.7 Å². The van der Waals surface area contributed by atoms with Crippen LogP contribution in [0.15, 0.2) is 72.4 Å². The number of aromatic nitrogens is 1. The summed E-state index contributed by atoms with van der Waals surface area (Å²) in [5.74, 6) is -1.71. The Morgan fingerprint density at radius 1 is 1.03 bits per heavy atom. The Kier molecular flexibility index (Phi) is 4.82. The van der Waals surface area contributed by atoms with Crippen molar-refractivity contribution in [2.75, 3.05) is 4.90 Å². The molecule has 2 heterocycles. The van der Waals surface area contributed by atoms with Crippen LogP contribution in [-0.4, -0.2) is 21.5 Å². The highest BCUT2D eigenvalue weighted by Crippen LogP contribution is 2.24. The molecule has 0 spiro atoms. The summed E-state index contributed by atoms with van der Waals surface area (Å²) in [6.07, 6.45) is 3.37. The fourth-order valence-corrected chi connectivity index (χ4v) is 3.50. The molecule has 0 atom stereocenters. The highest BCUT2D eigenvalue weighted by atomic mass is 32.1. The average molecular weight is 405 g/mol. The van der Waals surface area contributed by atoms with Gasteiger partial charge in [-0.2, -0.15) is 0 Å². The van der Waals surface area contributed by atoms with Gasteiger partial charge in [-0.3, -0.25) is 19.8 Å². The van der Waals surface area contributed by atoms with E-state index in [0.717, 1.165) is 16.2 Å². The van der Waals surface area contributed by atoms with E-state index in [4.69, 9.17) is 12.2 Å². The fourth-order valence-electron chi connectivity index (χ4n) is 3.22. The summed E-state index contributed by atoms with van der Waals surface area (Å²) in [7, 11) is 0. The SMILES string of the molecule is Cc1ccccc1-n1cccc1C=C1C(=O)NC(=S)N(c2cccc(F)c2)C1=O. The van der Waals surface area contributed by atoms with Gasteiger partial charge in [-0.15, -0.1) is 0 Å². The number of hydrogen-bond acceptors (Lipinski definition) is 3. The van der Waals surface area contributed by atoms with Crippen LogP contribution in [0.2, 0.25) is 0 Å². The number of carbonyl (C=O) groups excluding carboxylic acids is 2. The van der Waals surface area contributed by atoms with E-state index in [1.165, 1.54) is 24.3 Å². The summed E-state index contributed by atoms with van der Waals surface area (Å²) >= 11 is 5.15. The van der Waals surface area contributed by atoms with Crippen molar-refractivity contribution in [2.24, 2.45) is 0 Å². The zero-order chi connectivity index (χ0) is 20.5. The first kappa shape index (κ1) is 18.8. The van der Waals surface area contributed by atoms with Gasteiger partial charge in [0.25, 0.3) is 11.8 Å².